The van der Waals surface area contributed by atoms with Crippen molar-refractivity contribution in [3.05, 3.63) is 138 Å². The highest BCUT2D eigenvalue weighted by Crippen LogP contribution is 2.36. The summed E-state index contributed by atoms with van der Waals surface area (Å²) in [5.41, 5.74) is 2.66. The van der Waals surface area contributed by atoms with E-state index in [0.29, 0.717) is 91.4 Å². The van der Waals surface area contributed by atoms with Crippen LogP contribution in [0.2, 0.25) is 0 Å². The van der Waals surface area contributed by atoms with E-state index in [2.05, 4.69) is 80.0 Å². The Hall–Kier alpha value is -8.12. The number of aromatic nitrogens is 7. The number of aromatic amines is 2. The number of anilines is 2. The number of methoxy groups -OCH3 is 2. The Bertz CT molecular complexity index is 3360. The minimum absolute atomic E-state index is 0.270. The van der Waals surface area contributed by atoms with Crippen molar-refractivity contribution in [1.82, 2.24) is 44.5 Å². The molecule has 68 heavy (non-hydrogen) atoms. The second-order valence-electron chi connectivity index (χ2n) is 16.2. The number of carbonyl (C=O) groups excluding carboxylic acids is 4. The number of Topliss-reactive ketones (excluding diaryl/α,β-unsaturated/α-hetero) is 2. The van der Waals surface area contributed by atoms with Crippen LogP contribution in [0.3, 0.4) is 0 Å². The van der Waals surface area contributed by atoms with Gasteiger partial charge < -0.3 is 39.0 Å². The number of nitrogens with one attached hydrogen (secondary N) is 2. The van der Waals surface area contributed by atoms with E-state index in [9.17, 15) is 19.2 Å². The van der Waals surface area contributed by atoms with Gasteiger partial charge in [0.1, 0.15) is 35.8 Å². The SMILES string of the molecule is COc1ccc(-n2cncn2)c2[nH]cc(C(=O)C(=O)N3CCN(c4nccc5ccccc45)CC3)c12.COc1ccc(Br)c2[nH]cc(C(=O)C(=O)N3CCN(c4nccc5ccccc45)CC3)c12. The monoisotopic (exact) mass is 973 g/mol. The summed E-state index contributed by atoms with van der Waals surface area (Å²) in [6.45, 7) is 4.18. The van der Waals surface area contributed by atoms with Crippen LogP contribution in [0, 0.1) is 0 Å². The highest BCUT2D eigenvalue weighted by molar-refractivity contribution is 9.10. The number of halogens is 1. The molecule has 342 valence electrons. The Kier molecular flexibility index (Phi) is 12.0. The third kappa shape index (κ3) is 8.01. The van der Waals surface area contributed by atoms with Crippen LogP contribution in [0.5, 0.6) is 11.5 Å². The molecule has 0 unspecified atom stereocenters. The van der Waals surface area contributed by atoms with Crippen LogP contribution in [0.15, 0.2) is 127 Å². The van der Waals surface area contributed by atoms with Gasteiger partial charge in [-0.1, -0.05) is 48.5 Å². The van der Waals surface area contributed by atoms with Gasteiger partial charge in [-0.25, -0.2) is 19.6 Å². The quantitative estimate of drug-likeness (QED) is 0.113. The Labute approximate surface area is 397 Å². The van der Waals surface area contributed by atoms with E-state index in [1.807, 2.05) is 48.5 Å². The molecule has 9 aromatic rings. The molecule has 0 aliphatic carbocycles. The first kappa shape index (κ1) is 43.8. The van der Waals surface area contributed by atoms with Gasteiger partial charge in [0, 0.05) is 92.4 Å². The van der Waals surface area contributed by atoms with E-state index in [1.54, 1.807) is 64.8 Å². The molecular weight excluding hydrogens is 931 g/mol. The highest BCUT2D eigenvalue weighted by atomic mass is 79.9. The predicted molar refractivity (Wildman–Crippen MR) is 262 cm³/mol. The zero-order chi connectivity index (χ0) is 46.9. The van der Waals surface area contributed by atoms with Gasteiger partial charge in [-0.05, 0) is 63.1 Å². The van der Waals surface area contributed by atoms with E-state index in [0.717, 1.165) is 43.2 Å². The number of benzene rings is 4. The first-order valence-electron chi connectivity index (χ1n) is 21.9. The maximum Gasteiger partial charge on any atom is 0.295 e. The smallest absolute Gasteiger partial charge is 0.295 e. The molecule has 2 amide bonds. The largest absolute Gasteiger partial charge is 0.496 e. The number of rotatable bonds is 9. The summed E-state index contributed by atoms with van der Waals surface area (Å²) < 4.78 is 13.3. The van der Waals surface area contributed by atoms with Crippen LogP contribution < -0.4 is 19.3 Å². The number of ether oxygens (including phenoxy) is 2. The van der Waals surface area contributed by atoms with Crippen LogP contribution in [0.25, 0.3) is 49.0 Å². The number of carbonyl (C=O) groups is 4. The Balaban J connectivity index is 0.000000160. The number of pyridine rings is 2. The summed E-state index contributed by atoms with van der Waals surface area (Å²) in [7, 11) is 3.08. The summed E-state index contributed by atoms with van der Waals surface area (Å²) in [4.78, 5) is 79.7. The van der Waals surface area contributed by atoms with Crippen LogP contribution >= 0.6 is 15.9 Å². The third-order valence-corrected chi connectivity index (χ3v) is 13.2. The molecular formula is C50H44BrN11O6. The molecule has 0 atom stereocenters. The van der Waals surface area contributed by atoms with E-state index < -0.39 is 23.4 Å². The molecule has 0 saturated carbocycles. The van der Waals surface area contributed by atoms with Gasteiger partial charge in [0.15, 0.2) is 0 Å². The fourth-order valence-corrected chi connectivity index (χ4v) is 9.52. The standard InChI is InChI=1S/C26H23N7O3.C24H21BrN4O3/c1-36-21-7-6-20(33-16-27-15-30-33)23-22(21)19(14-29-23)24(34)26(35)32-12-10-31(11-13-32)25-18-5-3-2-4-17(18)8-9-28-25;1-32-19-7-6-18(25)21-20(19)17(14-27-21)22(30)24(31)29-12-10-28(11-13-29)23-16-5-3-2-4-15(16)8-9-26-23/h2-9,14-16,29H,10-13H2,1H3;2-9,14,27H,10-13H2,1H3. The van der Waals surface area contributed by atoms with Gasteiger partial charge in [0.05, 0.1) is 52.8 Å². The zero-order valence-electron chi connectivity index (χ0n) is 37.1. The minimum atomic E-state index is -0.577. The van der Waals surface area contributed by atoms with Crippen molar-refractivity contribution in [3.8, 4) is 17.2 Å². The lowest BCUT2D eigenvalue weighted by Crippen LogP contribution is -2.50. The molecule has 18 heteroatoms. The average Bonchev–Trinajstić information content (AvgIpc) is 4.20. The number of amides is 2. The van der Waals surface area contributed by atoms with Crippen molar-refractivity contribution in [2.75, 3.05) is 76.4 Å². The van der Waals surface area contributed by atoms with Gasteiger partial charge in [-0.2, -0.15) is 5.10 Å². The maximum atomic E-state index is 13.4. The first-order valence-corrected chi connectivity index (χ1v) is 22.7. The Morgan fingerprint density at radius 3 is 1.57 bits per heavy atom. The molecule has 5 aromatic heterocycles. The van der Waals surface area contributed by atoms with E-state index in [-0.39, 0.29) is 5.56 Å². The summed E-state index contributed by atoms with van der Waals surface area (Å²) in [5.74, 6) is 0.705. The lowest BCUT2D eigenvalue weighted by molar-refractivity contribution is -0.127. The van der Waals surface area contributed by atoms with Crippen molar-refractivity contribution >= 4 is 94.3 Å². The van der Waals surface area contributed by atoms with E-state index in [1.165, 1.54) is 13.4 Å². The van der Waals surface area contributed by atoms with Crippen molar-refractivity contribution < 1.29 is 28.7 Å². The molecule has 0 radical (unpaired) electrons. The van der Waals surface area contributed by atoms with E-state index in [4.69, 9.17) is 9.47 Å². The normalized spacial score (nSPS) is 14.0. The lowest BCUT2D eigenvalue weighted by atomic mass is 10.1. The molecule has 2 N–H and O–H groups in total. The van der Waals surface area contributed by atoms with E-state index >= 15 is 0 Å². The van der Waals surface area contributed by atoms with Crippen molar-refractivity contribution in [2.45, 2.75) is 0 Å². The van der Waals surface area contributed by atoms with Crippen LogP contribution in [-0.4, -0.2) is 134 Å². The first-order chi connectivity index (χ1) is 33.2. The summed E-state index contributed by atoms with van der Waals surface area (Å²) in [6, 6.07) is 27.4. The molecule has 2 aliphatic rings. The number of piperazine rings is 2. The fourth-order valence-electron chi connectivity index (χ4n) is 9.08. The van der Waals surface area contributed by atoms with Crippen LogP contribution in [-0.2, 0) is 9.59 Å². The Morgan fingerprint density at radius 1 is 0.588 bits per heavy atom. The maximum absolute atomic E-state index is 13.4. The number of hydrogen-bond acceptors (Lipinski definition) is 12. The predicted octanol–water partition coefficient (Wildman–Crippen LogP) is 6.86. The summed E-state index contributed by atoms with van der Waals surface area (Å²) >= 11 is 3.48. The number of hydrogen-bond donors (Lipinski definition) is 2. The van der Waals surface area contributed by atoms with Crippen LogP contribution in [0.4, 0.5) is 11.6 Å². The number of nitrogens with zero attached hydrogens (tertiary/aromatic N) is 9. The lowest BCUT2D eigenvalue weighted by Gasteiger charge is -2.35. The van der Waals surface area contributed by atoms with Crippen LogP contribution in [0.1, 0.15) is 20.7 Å². The number of fused-ring (bicyclic) bond motifs is 4. The Morgan fingerprint density at radius 2 is 1.07 bits per heavy atom. The highest BCUT2D eigenvalue weighted by Gasteiger charge is 2.32. The third-order valence-electron chi connectivity index (χ3n) is 12.5. The molecule has 11 rings (SSSR count). The second kappa shape index (κ2) is 18.6. The van der Waals surface area contributed by atoms with Crippen molar-refractivity contribution in [2.24, 2.45) is 0 Å². The number of H-pyrrole nitrogens is 2. The molecule has 2 fully saturated rings. The zero-order valence-corrected chi connectivity index (χ0v) is 38.6. The molecule has 0 spiro atoms. The molecule has 17 nitrogen and oxygen atoms in total. The molecule has 7 heterocycles. The van der Waals surface area contributed by atoms with Crippen molar-refractivity contribution in [1.29, 1.82) is 0 Å². The average molecular weight is 975 g/mol. The van der Waals surface area contributed by atoms with Gasteiger partial charge in [0.2, 0.25) is 0 Å². The summed E-state index contributed by atoms with van der Waals surface area (Å²) in [5, 5.41) is 9.74. The fraction of sp³-hybridized carbons (Fsp3) is 0.200. The second-order valence-corrected chi connectivity index (χ2v) is 17.1. The van der Waals surface area contributed by atoms with Gasteiger partial charge in [-0.15, -0.1) is 0 Å². The molecule has 2 saturated heterocycles. The molecule has 0 bridgehead atoms. The minimum Gasteiger partial charge on any atom is -0.496 e. The topological polar surface area (TPSA) is 188 Å². The molecule has 4 aromatic carbocycles. The van der Waals surface area contributed by atoms with Gasteiger partial charge in [0.25, 0.3) is 23.4 Å². The summed E-state index contributed by atoms with van der Waals surface area (Å²) in [6.07, 6.45) is 9.75. The molecule has 2 aliphatic heterocycles. The van der Waals surface area contributed by atoms with Crippen molar-refractivity contribution in [3.63, 3.8) is 0 Å². The van der Waals surface area contributed by atoms with Gasteiger partial charge in [-0.3, -0.25) is 19.2 Å². The number of ketones is 2. The van der Waals surface area contributed by atoms with Gasteiger partial charge >= 0.3 is 0 Å².